The van der Waals surface area contributed by atoms with Gasteiger partial charge < -0.3 is 18.9 Å². The molecule has 2 aromatic carbocycles. The number of hydrogen-bond acceptors (Lipinski definition) is 5. The van der Waals surface area contributed by atoms with E-state index < -0.39 is 0 Å². The molecule has 2 rings (SSSR count). The second kappa shape index (κ2) is 10.9. The highest BCUT2D eigenvalue weighted by Crippen LogP contribution is 2.38. The lowest BCUT2D eigenvalue weighted by Gasteiger charge is -2.20. The first-order valence-electron chi connectivity index (χ1n) is 10.5. The number of carbonyl (C=O) groups excluding carboxylic acids is 1. The summed E-state index contributed by atoms with van der Waals surface area (Å²) in [6.45, 7) is 11.8. The van der Waals surface area contributed by atoms with Gasteiger partial charge in [-0.1, -0.05) is 12.1 Å². The van der Waals surface area contributed by atoms with E-state index in [1.165, 1.54) is 0 Å². The molecule has 0 aliphatic carbocycles. The van der Waals surface area contributed by atoms with Crippen molar-refractivity contribution in [2.75, 3.05) is 7.11 Å². The maximum absolute atomic E-state index is 13.0. The summed E-state index contributed by atoms with van der Waals surface area (Å²) in [7, 11) is 1.61. The van der Waals surface area contributed by atoms with Crippen molar-refractivity contribution in [1.82, 2.24) is 0 Å². The molecule has 0 bridgehead atoms. The molecular weight excluding hydrogens is 380 g/mol. The second-order valence-electron chi connectivity index (χ2n) is 8.03. The molecule has 0 aromatic heterocycles. The minimum absolute atomic E-state index is 0.000815. The van der Waals surface area contributed by atoms with Crippen molar-refractivity contribution in [3.05, 3.63) is 47.5 Å². The van der Waals surface area contributed by atoms with Gasteiger partial charge in [0.2, 0.25) is 0 Å². The molecule has 0 atom stereocenters. The summed E-state index contributed by atoms with van der Waals surface area (Å²) in [6, 6.07) is 11.1. The van der Waals surface area contributed by atoms with Crippen LogP contribution >= 0.6 is 0 Å². The number of methoxy groups -OCH3 is 1. The average molecular weight is 415 g/mol. The topological polar surface area (TPSA) is 54.0 Å². The SMILES string of the molecule is COc1cc(OC(C)C)cc(CCC(=O)c2ccccc2OC(C)C)c1OC(C)C. The van der Waals surface area contributed by atoms with E-state index in [2.05, 4.69) is 0 Å². The highest BCUT2D eigenvalue weighted by Gasteiger charge is 2.19. The molecule has 0 unspecified atom stereocenters. The summed E-state index contributed by atoms with van der Waals surface area (Å²) in [5.41, 5.74) is 1.48. The van der Waals surface area contributed by atoms with Gasteiger partial charge in [-0.25, -0.2) is 0 Å². The molecule has 2 aromatic rings. The number of ketones is 1. The van der Waals surface area contributed by atoms with E-state index >= 15 is 0 Å². The largest absolute Gasteiger partial charge is 0.493 e. The summed E-state index contributed by atoms with van der Waals surface area (Å²) < 4.78 is 23.3. The molecule has 164 valence electrons. The second-order valence-corrected chi connectivity index (χ2v) is 8.03. The van der Waals surface area contributed by atoms with Gasteiger partial charge in [0.15, 0.2) is 17.3 Å². The van der Waals surface area contributed by atoms with Crippen molar-refractivity contribution in [3.63, 3.8) is 0 Å². The smallest absolute Gasteiger partial charge is 0.166 e. The number of para-hydroxylation sites is 1. The summed E-state index contributed by atoms with van der Waals surface area (Å²) >= 11 is 0. The monoisotopic (exact) mass is 414 g/mol. The van der Waals surface area contributed by atoms with Gasteiger partial charge in [0, 0.05) is 18.1 Å². The van der Waals surface area contributed by atoms with E-state index in [1.54, 1.807) is 7.11 Å². The predicted molar refractivity (Wildman–Crippen MR) is 119 cm³/mol. The Morgan fingerprint density at radius 1 is 0.833 bits per heavy atom. The zero-order chi connectivity index (χ0) is 22.3. The van der Waals surface area contributed by atoms with Gasteiger partial charge in [-0.05, 0) is 66.2 Å². The Labute approximate surface area is 180 Å². The molecule has 0 aliphatic heterocycles. The summed E-state index contributed by atoms with van der Waals surface area (Å²) in [5, 5.41) is 0. The minimum Gasteiger partial charge on any atom is -0.493 e. The molecule has 0 saturated heterocycles. The Morgan fingerprint density at radius 3 is 2.07 bits per heavy atom. The van der Waals surface area contributed by atoms with Crippen LogP contribution < -0.4 is 18.9 Å². The molecule has 0 saturated carbocycles. The van der Waals surface area contributed by atoms with Crippen molar-refractivity contribution in [3.8, 4) is 23.0 Å². The fourth-order valence-electron chi connectivity index (χ4n) is 3.12. The quantitative estimate of drug-likeness (QED) is 0.430. The predicted octanol–water partition coefficient (Wildman–Crippen LogP) is 5.87. The molecule has 30 heavy (non-hydrogen) atoms. The Kier molecular flexibility index (Phi) is 8.58. The highest BCUT2D eigenvalue weighted by atomic mass is 16.5. The third-order valence-corrected chi connectivity index (χ3v) is 4.22. The summed E-state index contributed by atoms with van der Waals surface area (Å²) in [6.07, 6.45) is 0.828. The molecule has 0 spiro atoms. The number of benzene rings is 2. The van der Waals surface area contributed by atoms with Gasteiger partial charge in [0.1, 0.15) is 11.5 Å². The molecule has 0 N–H and O–H groups in total. The van der Waals surface area contributed by atoms with Gasteiger partial charge in [-0.2, -0.15) is 0 Å². The number of hydrogen-bond donors (Lipinski definition) is 0. The molecule has 0 aliphatic rings. The van der Waals surface area contributed by atoms with Gasteiger partial charge in [-0.3, -0.25) is 4.79 Å². The fourth-order valence-corrected chi connectivity index (χ4v) is 3.12. The van der Waals surface area contributed by atoms with Crippen LogP contribution in [0.25, 0.3) is 0 Å². The van der Waals surface area contributed by atoms with Crippen molar-refractivity contribution >= 4 is 5.78 Å². The maximum Gasteiger partial charge on any atom is 0.166 e. The van der Waals surface area contributed by atoms with Crippen LogP contribution in [-0.2, 0) is 6.42 Å². The third kappa shape index (κ3) is 6.68. The van der Waals surface area contributed by atoms with Crippen LogP contribution in [0.2, 0.25) is 0 Å². The number of Topliss-reactive ketones (excluding diaryl/α,β-unsaturated/α-hetero) is 1. The van der Waals surface area contributed by atoms with Crippen molar-refractivity contribution < 1.29 is 23.7 Å². The van der Waals surface area contributed by atoms with Gasteiger partial charge in [-0.15, -0.1) is 0 Å². The van der Waals surface area contributed by atoms with Crippen LogP contribution in [0.15, 0.2) is 36.4 Å². The number of rotatable bonds is 11. The van der Waals surface area contributed by atoms with E-state index in [0.29, 0.717) is 41.4 Å². The third-order valence-electron chi connectivity index (χ3n) is 4.22. The van der Waals surface area contributed by atoms with Gasteiger partial charge in [0.25, 0.3) is 0 Å². The number of aryl methyl sites for hydroxylation is 1. The highest BCUT2D eigenvalue weighted by molar-refractivity contribution is 5.98. The standard InChI is InChI=1S/C25H34O5/c1-16(2)28-20-14-19(25(30-18(5)6)24(15-20)27-7)12-13-22(26)21-10-8-9-11-23(21)29-17(3)4/h8-11,14-18H,12-13H2,1-7H3. The Bertz CT molecular complexity index is 839. The lowest BCUT2D eigenvalue weighted by atomic mass is 10.0. The Balaban J connectivity index is 2.31. The average Bonchev–Trinajstić information content (AvgIpc) is 2.66. The summed E-state index contributed by atoms with van der Waals surface area (Å²) in [4.78, 5) is 13.0. The molecule has 0 amide bonds. The van der Waals surface area contributed by atoms with E-state index in [4.69, 9.17) is 18.9 Å². The normalized spacial score (nSPS) is 11.1. The number of ether oxygens (including phenoxy) is 4. The Hall–Kier alpha value is -2.69. The van der Waals surface area contributed by atoms with Crippen LogP contribution in [0.4, 0.5) is 0 Å². The maximum atomic E-state index is 13.0. The van der Waals surface area contributed by atoms with Crippen LogP contribution in [0, 0.1) is 0 Å². The van der Waals surface area contributed by atoms with E-state index in [9.17, 15) is 4.79 Å². The van der Waals surface area contributed by atoms with Crippen LogP contribution in [0.1, 0.15) is 63.9 Å². The fraction of sp³-hybridized carbons (Fsp3) is 0.480. The molecule has 0 fully saturated rings. The van der Waals surface area contributed by atoms with E-state index in [0.717, 1.165) is 5.56 Å². The zero-order valence-electron chi connectivity index (χ0n) is 19.2. The van der Waals surface area contributed by atoms with Crippen LogP contribution in [0.3, 0.4) is 0 Å². The first kappa shape index (κ1) is 23.6. The van der Waals surface area contributed by atoms with E-state index in [1.807, 2.05) is 77.9 Å². The van der Waals surface area contributed by atoms with Gasteiger partial charge in [0.05, 0.1) is 31.0 Å². The molecule has 5 heteroatoms. The molecule has 0 heterocycles. The van der Waals surface area contributed by atoms with Crippen LogP contribution in [0.5, 0.6) is 23.0 Å². The molecule has 0 radical (unpaired) electrons. The minimum atomic E-state index is -0.0228. The lowest BCUT2D eigenvalue weighted by Crippen LogP contribution is -2.12. The van der Waals surface area contributed by atoms with Crippen LogP contribution in [-0.4, -0.2) is 31.2 Å². The molecule has 5 nitrogen and oxygen atoms in total. The van der Waals surface area contributed by atoms with Gasteiger partial charge >= 0.3 is 0 Å². The first-order chi connectivity index (χ1) is 14.2. The Morgan fingerprint density at radius 2 is 1.47 bits per heavy atom. The van der Waals surface area contributed by atoms with Crippen molar-refractivity contribution in [1.29, 1.82) is 0 Å². The van der Waals surface area contributed by atoms with Crippen molar-refractivity contribution in [2.24, 2.45) is 0 Å². The number of carbonyl (C=O) groups is 1. The van der Waals surface area contributed by atoms with E-state index in [-0.39, 0.29) is 24.1 Å². The lowest BCUT2D eigenvalue weighted by molar-refractivity contribution is 0.0976. The van der Waals surface area contributed by atoms with Crippen molar-refractivity contribution in [2.45, 2.75) is 72.7 Å². The summed E-state index contributed by atoms with van der Waals surface area (Å²) in [5.74, 6) is 2.60. The molecular formula is C25H34O5. The zero-order valence-corrected chi connectivity index (χ0v) is 19.2. The first-order valence-corrected chi connectivity index (χ1v) is 10.5.